The second-order valence-electron chi connectivity index (χ2n) is 12.1. The predicted molar refractivity (Wildman–Crippen MR) is 166 cm³/mol. The summed E-state index contributed by atoms with van der Waals surface area (Å²) in [4.78, 5) is 20.9. The summed E-state index contributed by atoms with van der Waals surface area (Å²) in [7, 11) is 0. The van der Waals surface area contributed by atoms with E-state index in [1.165, 1.54) is 116 Å². The quantitative estimate of drug-likeness (QED) is 0.0687. The maximum Gasteiger partial charge on any atom is 0.306 e. The van der Waals surface area contributed by atoms with Gasteiger partial charge in [0.25, 0.3) is 0 Å². The first kappa shape index (κ1) is 37.0. The van der Waals surface area contributed by atoms with Gasteiger partial charge in [0.2, 0.25) is 5.89 Å². The summed E-state index contributed by atoms with van der Waals surface area (Å²) in [5.41, 5.74) is 0.331. The van der Waals surface area contributed by atoms with Crippen LogP contribution < -0.4 is 0 Å². The Morgan fingerprint density at radius 3 is 1.84 bits per heavy atom. The molecule has 0 saturated heterocycles. The van der Waals surface area contributed by atoms with Crippen molar-refractivity contribution in [3.05, 3.63) is 36.2 Å². The Labute approximate surface area is 258 Å². The Balaban J connectivity index is 1.57. The lowest BCUT2D eigenvalue weighted by Gasteiger charge is -2.24. The lowest BCUT2D eigenvalue weighted by molar-refractivity contribution is -0.153. The third-order valence-electron chi connectivity index (χ3n) is 8.06. The van der Waals surface area contributed by atoms with Crippen molar-refractivity contribution in [2.45, 2.75) is 173 Å². The number of aromatic nitrogens is 2. The van der Waals surface area contributed by atoms with E-state index in [0.717, 1.165) is 19.3 Å². The van der Waals surface area contributed by atoms with Crippen molar-refractivity contribution in [3.8, 4) is 0 Å². The van der Waals surface area contributed by atoms with Gasteiger partial charge in [-0.1, -0.05) is 116 Å². The first-order chi connectivity index (χ1) is 20.9. The molecule has 0 aliphatic rings. The minimum absolute atomic E-state index is 0.120. The molecular weight excluding hydrogens is 548 g/mol. The first-order valence-electron chi connectivity index (χ1n) is 17.0. The van der Waals surface area contributed by atoms with Crippen LogP contribution in [0.15, 0.2) is 27.7 Å². The molecule has 0 radical (unpaired) electrons. The molecule has 0 aliphatic carbocycles. The van der Waals surface area contributed by atoms with E-state index < -0.39 is 24.4 Å². The molecule has 0 aliphatic heterocycles. The maximum atomic E-state index is 12.6. The second-order valence-corrected chi connectivity index (χ2v) is 12.1. The van der Waals surface area contributed by atoms with Crippen molar-refractivity contribution < 1.29 is 33.7 Å². The molecule has 0 spiro atoms. The zero-order valence-electron chi connectivity index (χ0n) is 26.8. The van der Waals surface area contributed by atoms with Crippen LogP contribution in [-0.2, 0) is 16.0 Å². The molecule has 9 nitrogen and oxygen atoms in total. The van der Waals surface area contributed by atoms with Crippen LogP contribution in [0.5, 0.6) is 0 Å². The fraction of sp³-hybridized carbons (Fsp3) is 0.794. The summed E-state index contributed by atoms with van der Waals surface area (Å²) in [5.74, 6) is 0.530. The van der Waals surface area contributed by atoms with Crippen LogP contribution in [0, 0.1) is 0 Å². The van der Waals surface area contributed by atoms with Gasteiger partial charge in [0.05, 0.1) is 24.8 Å². The van der Waals surface area contributed by atoms with Gasteiger partial charge in [0, 0.05) is 12.8 Å². The molecule has 1 unspecified atom stereocenters. The molecule has 2 aromatic rings. The number of unbranched alkanes of at least 4 members (excludes halogenated alkanes) is 17. The lowest BCUT2D eigenvalue weighted by atomic mass is 10.0. The Kier molecular flexibility index (Phi) is 19.9. The molecule has 0 fully saturated rings. The minimum Gasteiger partial charge on any atom is -0.456 e. The molecule has 2 aromatic heterocycles. The summed E-state index contributed by atoms with van der Waals surface area (Å²) in [5, 5.41) is 30.1. The molecule has 2 rings (SSSR count). The first-order valence-corrected chi connectivity index (χ1v) is 17.0. The van der Waals surface area contributed by atoms with Gasteiger partial charge >= 0.3 is 5.97 Å². The van der Waals surface area contributed by atoms with Crippen LogP contribution in [0.1, 0.15) is 166 Å². The molecule has 4 atom stereocenters. The van der Waals surface area contributed by atoms with E-state index in [-0.39, 0.29) is 25.2 Å². The van der Waals surface area contributed by atoms with E-state index in [0.29, 0.717) is 17.3 Å². The molecule has 43 heavy (non-hydrogen) atoms. The molecule has 2 heterocycles. The van der Waals surface area contributed by atoms with Crippen molar-refractivity contribution in [2.24, 2.45) is 0 Å². The topological polar surface area (TPSA) is 139 Å². The van der Waals surface area contributed by atoms with Gasteiger partial charge in [-0.15, -0.1) is 0 Å². The van der Waals surface area contributed by atoms with E-state index in [1.807, 2.05) is 0 Å². The van der Waals surface area contributed by atoms with Gasteiger partial charge in [-0.3, -0.25) is 4.79 Å². The number of ether oxygens (including phenoxy) is 1. The van der Waals surface area contributed by atoms with Crippen molar-refractivity contribution in [3.63, 3.8) is 0 Å². The fourth-order valence-electron chi connectivity index (χ4n) is 5.33. The SMILES string of the molecule is CCCCCCCCCCCCCCCCCCCCC(=O)OC(C[C@H](O)[C@H](O)[C@H](C)O)c1coc(Cc2cnco2)n1. The highest BCUT2D eigenvalue weighted by atomic mass is 16.5. The minimum atomic E-state index is -1.38. The number of carbonyl (C=O) groups is 1. The van der Waals surface area contributed by atoms with Gasteiger partial charge in [-0.05, 0) is 13.3 Å². The highest BCUT2D eigenvalue weighted by molar-refractivity contribution is 5.69. The second kappa shape index (κ2) is 23.2. The molecule has 9 heteroatoms. The lowest BCUT2D eigenvalue weighted by Crippen LogP contribution is -2.37. The molecule has 3 N–H and O–H groups in total. The number of aliphatic hydroxyl groups is 3. The van der Waals surface area contributed by atoms with E-state index in [9.17, 15) is 20.1 Å². The van der Waals surface area contributed by atoms with Crippen molar-refractivity contribution in [1.82, 2.24) is 9.97 Å². The maximum absolute atomic E-state index is 12.6. The third-order valence-corrected chi connectivity index (χ3v) is 8.06. The summed E-state index contributed by atoms with van der Waals surface area (Å²) in [6, 6.07) is 0. The van der Waals surface area contributed by atoms with Crippen LogP contribution >= 0.6 is 0 Å². The number of hydrogen-bond donors (Lipinski definition) is 3. The summed E-state index contributed by atoms with van der Waals surface area (Å²) >= 11 is 0. The Bertz CT molecular complexity index is 931. The normalized spacial score (nSPS) is 14.4. The summed E-state index contributed by atoms with van der Waals surface area (Å²) < 4.78 is 16.4. The van der Waals surface area contributed by atoms with E-state index in [4.69, 9.17) is 13.6 Å². The van der Waals surface area contributed by atoms with Gasteiger partial charge in [-0.2, -0.15) is 0 Å². The number of carbonyl (C=O) groups excluding carboxylic acids is 1. The largest absolute Gasteiger partial charge is 0.456 e. The monoisotopic (exact) mass is 606 g/mol. The Morgan fingerprint density at radius 1 is 0.814 bits per heavy atom. The standard InChI is InChI=1S/C34H58N2O7/c1-3-4-5-6-7-8-9-10-11-12-13-14-15-16-17-18-19-20-21-33(39)43-31(23-30(38)34(40)27(2)37)29-25-41-32(36-29)22-28-24-35-26-42-28/h24-27,30-31,34,37-38,40H,3-23H2,1-2H3/t27-,30-,31?,34+/m0/s1. The van der Waals surface area contributed by atoms with Crippen molar-refractivity contribution in [1.29, 1.82) is 0 Å². The van der Waals surface area contributed by atoms with Gasteiger partial charge in [0.15, 0.2) is 6.39 Å². The third kappa shape index (κ3) is 17.0. The number of hydrogen-bond acceptors (Lipinski definition) is 9. The zero-order valence-corrected chi connectivity index (χ0v) is 26.8. The average molecular weight is 607 g/mol. The van der Waals surface area contributed by atoms with Gasteiger partial charge < -0.3 is 28.9 Å². The highest BCUT2D eigenvalue weighted by Crippen LogP contribution is 2.26. The summed E-state index contributed by atoms with van der Waals surface area (Å²) in [6.45, 7) is 3.66. The van der Waals surface area contributed by atoms with Crippen LogP contribution in [0.3, 0.4) is 0 Å². The smallest absolute Gasteiger partial charge is 0.306 e. The van der Waals surface area contributed by atoms with E-state index in [2.05, 4.69) is 16.9 Å². The number of oxazole rings is 2. The molecule has 0 aromatic carbocycles. The summed E-state index contributed by atoms with van der Waals surface area (Å²) in [6.07, 6.45) is 23.0. The van der Waals surface area contributed by atoms with Crippen LogP contribution in [0.25, 0.3) is 0 Å². The molecule has 0 bridgehead atoms. The van der Waals surface area contributed by atoms with Crippen LogP contribution in [-0.4, -0.2) is 49.6 Å². The van der Waals surface area contributed by atoms with Gasteiger partial charge in [0.1, 0.15) is 29.9 Å². The van der Waals surface area contributed by atoms with Crippen LogP contribution in [0.4, 0.5) is 0 Å². The van der Waals surface area contributed by atoms with Crippen molar-refractivity contribution >= 4 is 5.97 Å². The number of rotatable bonds is 27. The Morgan fingerprint density at radius 2 is 1.35 bits per heavy atom. The number of esters is 1. The van der Waals surface area contributed by atoms with E-state index >= 15 is 0 Å². The zero-order chi connectivity index (χ0) is 31.1. The molecular formula is C34H58N2O7. The van der Waals surface area contributed by atoms with Crippen LogP contribution in [0.2, 0.25) is 0 Å². The number of aliphatic hydroxyl groups excluding tert-OH is 3. The average Bonchev–Trinajstić information content (AvgIpc) is 3.68. The van der Waals surface area contributed by atoms with Gasteiger partial charge in [-0.25, -0.2) is 9.97 Å². The predicted octanol–water partition coefficient (Wildman–Crippen LogP) is 7.76. The van der Waals surface area contributed by atoms with E-state index in [1.54, 1.807) is 6.20 Å². The highest BCUT2D eigenvalue weighted by Gasteiger charge is 2.29. The molecule has 0 amide bonds. The Hall–Kier alpha value is -2.23. The van der Waals surface area contributed by atoms with Crippen molar-refractivity contribution in [2.75, 3.05) is 0 Å². The number of nitrogens with zero attached hydrogens (tertiary/aromatic N) is 2. The fourth-order valence-corrected chi connectivity index (χ4v) is 5.33. The molecule has 246 valence electrons. The molecule has 0 saturated carbocycles.